The third kappa shape index (κ3) is 7.84. The minimum Gasteiger partial charge on any atom is -0.0654 e. The zero-order valence-corrected chi connectivity index (χ0v) is 13.3. The predicted octanol–water partition coefficient (Wildman–Crippen LogP) is 6.30. The Morgan fingerprint density at radius 3 is 1.24 bits per heavy atom. The number of hydrogen-bond donors (Lipinski definition) is 0. The van der Waals surface area contributed by atoms with E-state index in [-0.39, 0.29) is 0 Å². The summed E-state index contributed by atoms with van der Waals surface area (Å²) in [6.45, 7) is 14.4. The predicted molar refractivity (Wildman–Crippen MR) is 80.3 cm³/mol. The van der Waals surface area contributed by atoms with Gasteiger partial charge in [-0.2, -0.15) is 0 Å². The van der Waals surface area contributed by atoms with Gasteiger partial charge in [-0.25, -0.2) is 0 Å². The van der Waals surface area contributed by atoms with Crippen LogP contribution in [0.2, 0.25) is 0 Å². The van der Waals surface area contributed by atoms with Crippen molar-refractivity contribution < 1.29 is 0 Å². The highest BCUT2D eigenvalue weighted by molar-refractivity contribution is 4.69. The van der Waals surface area contributed by atoms with E-state index in [1.165, 1.54) is 44.9 Å². The van der Waals surface area contributed by atoms with E-state index in [4.69, 9.17) is 0 Å². The first-order valence-electron chi connectivity index (χ1n) is 8.02. The maximum atomic E-state index is 2.46. The molecule has 4 unspecified atom stereocenters. The summed E-state index contributed by atoms with van der Waals surface area (Å²) >= 11 is 0. The molecule has 0 saturated heterocycles. The second-order valence-corrected chi connectivity index (χ2v) is 6.43. The largest absolute Gasteiger partial charge is 0.0654 e. The highest BCUT2D eigenvalue weighted by Gasteiger charge is 2.18. The van der Waals surface area contributed by atoms with E-state index in [0.717, 1.165) is 23.7 Å². The van der Waals surface area contributed by atoms with Crippen molar-refractivity contribution >= 4 is 0 Å². The smallest absolute Gasteiger partial charge is 0.0414 e. The van der Waals surface area contributed by atoms with Crippen LogP contribution in [0.3, 0.4) is 0 Å². The summed E-state index contributed by atoms with van der Waals surface area (Å²) < 4.78 is 0. The Kier molecular flexibility index (Phi) is 9.97. The second-order valence-electron chi connectivity index (χ2n) is 6.43. The molecule has 0 aliphatic carbocycles. The van der Waals surface area contributed by atoms with Gasteiger partial charge in [-0.3, -0.25) is 0 Å². The van der Waals surface area contributed by atoms with Gasteiger partial charge in [0.05, 0.1) is 0 Å². The van der Waals surface area contributed by atoms with Gasteiger partial charge in [0.1, 0.15) is 0 Å². The van der Waals surface area contributed by atoms with Gasteiger partial charge in [0, 0.05) is 0 Å². The lowest BCUT2D eigenvalue weighted by molar-refractivity contribution is 0.242. The van der Waals surface area contributed by atoms with Gasteiger partial charge < -0.3 is 0 Å². The monoisotopic (exact) mass is 240 g/mol. The highest BCUT2D eigenvalue weighted by Crippen LogP contribution is 2.29. The van der Waals surface area contributed by atoms with Crippen LogP contribution < -0.4 is 0 Å². The fraction of sp³-hybridized carbons (Fsp3) is 1.00. The molecule has 0 saturated carbocycles. The molecule has 0 amide bonds. The lowest BCUT2D eigenvalue weighted by atomic mass is 9.79. The zero-order chi connectivity index (χ0) is 13.3. The van der Waals surface area contributed by atoms with Crippen molar-refractivity contribution in [2.75, 3.05) is 0 Å². The molecule has 0 aliphatic rings. The van der Waals surface area contributed by atoms with Crippen LogP contribution in [0.5, 0.6) is 0 Å². The van der Waals surface area contributed by atoms with Gasteiger partial charge in [-0.15, -0.1) is 0 Å². The zero-order valence-electron chi connectivity index (χ0n) is 13.3. The molecular formula is C17H36. The van der Waals surface area contributed by atoms with Gasteiger partial charge in [-0.05, 0) is 30.1 Å². The number of hydrogen-bond acceptors (Lipinski definition) is 0. The van der Waals surface area contributed by atoms with Crippen molar-refractivity contribution in [3.63, 3.8) is 0 Å². The minimum absolute atomic E-state index is 0.903. The van der Waals surface area contributed by atoms with Crippen molar-refractivity contribution in [1.29, 1.82) is 0 Å². The Bertz CT molecular complexity index is 143. The van der Waals surface area contributed by atoms with Crippen molar-refractivity contribution in [2.45, 2.75) is 86.5 Å². The normalized spacial score (nSPS) is 18.7. The Morgan fingerprint density at radius 2 is 0.941 bits per heavy atom. The van der Waals surface area contributed by atoms with Crippen LogP contribution >= 0.6 is 0 Å². The van der Waals surface area contributed by atoms with Gasteiger partial charge in [0.15, 0.2) is 0 Å². The molecule has 0 rings (SSSR count). The third-order valence-electron chi connectivity index (χ3n) is 4.71. The van der Waals surface area contributed by atoms with Crippen LogP contribution in [0.15, 0.2) is 0 Å². The average Bonchev–Trinajstić information content (AvgIpc) is 2.32. The van der Waals surface area contributed by atoms with E-state index in [1.54, 1.807) is 0 Å². The number of unbranched alkanes of at least 4 members (excludes halogenated alkanes) is 2. The average molecular weight is 240 g/mol. The second kappa shape index (κ2) is 9.97. The summed E-state index contributed by atoms with van der Waals surface area (Å²) in [5.74, 6) is 3.63. The quantitative estimate of drug-likeness (QED) is 0.420. The molecule has 0 aromatic carbocycles. The summed E-state index contributed by atoms with van der Waals surface area (Å²) in [6, 6.07) is 0. The minimum atomic E-state index is 0.903. The molecule has 0 aromatic rings. The van der Waals surface area contributed by atoms with Crippen molar-refractivity contribution in [3.05, 3.63) is 0 Å². The molecule has 0 bridgehead atoms. The molecule has 17 heavy (non-hydrogen) atoms. The SMILES string of the molecule is CCCCC(C)C(C)CC(C)C(C)CCCC. The van der Waals surface area contributed by atoms with Crippen LogP contribution in [0.25, 0.3) is 0 Å². The lowest BCUT2D eigenvalue weighted by Crippen LogP contribution is -2.16. The van der Waals surface area contributed by atoms with E-state index in [9.17, 15) is 0 Å². The van der Waals surface area contributed by atoms with E-state index >= 15 is 0 Å². The van der Waals surface area contributed by atoms with Crippen LogP contribution in [-0.2, 0) is 0 Å². The van der Waals surface area contributed by atoms with Crippen molar-refractivity contribution in [1.82, 2.24) is 0 Å². The molecule has 0 aliphatic heterocycles. The van der Waals surface area contributed by atoms with Crippen molar-refractivity contribution in [2.24, 2.45) is 23.7 Å². The third-order valence-corrected chi connectivity index (χ3v) is 4.71. The van der Waals surface area contributed by atoms with Crippen LogP contribution in [0.1, 0.15) is 86.5 Å². The summed E-state index contributed by atoms with van der Waals surface area (Å²) in [5, 5.41) is 0. The molecule has 4 atom stereocenters. The van der Waals surface area contributed by atoms with Crippen molar-refractivity contribution in [3.8, 4) is 0 Å². The molecule has 0 fully saturated rings. The summed E-state index contributed by atoms with van der Waals surface area (Å²) in [7, 11) is 0. The molecule has 0 radical (unpaired) electrons. The van der Waals surface area contributed by atoms with Crippen LogP contribution in [0, 0.1) is 23.7 Å². The molecule has 0 aromatic heterocycles. The molecular weight excluding hydrogens is 204 g/mol. The van der Waals surface area contributed by atoms with Crippen LogP contribution in [-0.4, -0.2) is 0 Å². The Morgan fingerprint density at radius 1 is 0.588 bits per heavy atom. The van der Waals surface area contributed by atoms with E-state index in [0.29, 0.717) is 0 Å². The maximum Gasteiger partial charge on any atom is -0.0414 e. The highest BCUT2D eigenvalue weighted by atomic mass is 14.2. The summed E-state index contributed by atoms with van der Waals surface area (Å²) in [6.07, 6.45) is 9.78. The Balaban J connectivity index is 3.87. The molecule has 0 heterocycles. The Hall–Kier alpha value is 0. The van der Waals surface area contributed by atoms with Crippen LogP contribution in [0.4, 0.5) is 0 Å². The first-order valence-corrected chi connectivity index (χ1v) is 8.02. The Labute approximate surface area is 111 Å². The van der Waals surface area contributed by atoms with Gasteiger partial charge in [0.2, 0.25) is 0 Å². The summed E-state index contributed by atoms with van der Waals surface area (Å²) in [4.78, 5) is 0. The molecule has 0 N–H and O–H groups in total. The first-order chi connectivity index (χ1) is 8.02. The van der Waals surface area contributed by atoms with E-state index in [1.807, 2.05) is 0 Å². The molecule has 104 valence electrons. The van der Waals surface area contributed by atoms with Gasteiger partial charge in [0.25, 0.3) is 0 Å². The fourth-order valence-corrected chi connectivity index (χ4v) is 2.67. The summed E-state index contributed by atoms with van der Waals surface area (Å²) in [5.41, 5.74) is 0. The van der Waals surface area contributed by atoms with E-state index in [2.05, 4.69) is 41.5 Å². The number of rotatable bonds is 10. The van der Waals surface area contributed by atoms with Gasteiger partial charge >= 0.3 is 0 Å². The fourth-order valence-electron chi connectivity index (χ4n) is 2.67. The standard InChI is InChI=1S/C17H36/c1-7-9-11-14(3)16(5)13-17(6)15(4)12-10-8-2/h14-17H,7-13H2,1-6H3. The molecule has 0 heteroatoms. The first kappa shape index (κ1) is 17.0. The topological polar surface area (TPSA) is 0 Å². The maximum absolute atomic E-state index is 2.46. The molecule has 0 spiro atoms. The van der Waals surface area contributed by atoms with Gasteiger partial charge in [-0.1, -0.05) is 80.1 Å². The molecule has 0 nitrogen and oxygen atoms in total. The van der Waals surface area contributed by atoms with E-state index < -0.39 is 0 Å². The lowest BCUT2D eigenvalue weighted by Gasteiger charge is -2.27.